The van der Waals surface area contributed by atoms with Gasteiger partial charge in [-0.05, 0) is 42.3 Å². The van der Waals surface area contributed by atoms with Crippen molar-refractivity contribution >= 4 is 17.0 Å². The van der Waals surface area contributed by atoms with Crippen molar-refractivity contribution in [2.24, 2.45) is 0 Å². The Morgan fingerprint density at radius 1 is 1.14 bits per heavy atom. The molecule has 0 atom stereocenters. The molecule has 0 aliphatic rings. The molecule has 8 nitrogen and oxygen atoms in total. The first kappa shape index (κ1) is 17.5. The molecule has 3 aromatic heterocycles. The highest BCUT2D eigenvalue weighted by Crippen LogP contribution is 2.09. The smallest absolute Gasteiger partial charge is 0.334 e. The third-order valence-corrected chi connectivity index (χ3v) is 4.16. The third kappa shape index (κ3) is 3.50. The second-order valence-electron chi connectivity index (χ2n) is 6.04. The number of nitrogens with one attached hydrogen (secondary N) is 2. The molecule has 0 aliphatic carbocycles. The number of aromatic amines is 1. The van der Waals surface area contributed by atoms with Crippen LogP contribution in [-0.2, 0) is 6.42 Å². The maximum Gasteiger partial charge on any atom is 0.334 e. The molecule has 3 heterocycles. The zero-order chi connectivity index (χ0) is 19.5. The van der Waals surface area contributed by atoms with Gasteiger partial charge in [0, 0.05) is 25.1 Å². The van der Waals surface area contributed by atoms with Crippen LogP contribution in [0.1, 0.15) is 5.56 Å². The first-order valence-corrected chi connectivity index (χ1v) is 8.52. The van der Waals surface area contributed by atoms with Gasteiger partial charge in [0.15, 0.2) is 5.65 Å². The number of benzene rings is 1. The van der Waals surface area contributed by atoms with Gasteiger partial charge in [-0.25, -0.2) is 18.7 Å². The normalized spacial score (nSPS) is 10.9. The average molecular weight is 378 g/mol. The van der Waals surface area contributed by atoms with Crippen molar-refractivity contribution in [2.45, 2.75) is 6.42 Å². The van der Waals surface area contributed by atoms with E-state index in [-0.39, 0.29) is 16.7 Å². The lowest BCUT2D eigenvalue weighted by Crippen LogP contribution is -2.34. The fourth-order valence-electron chi connectivity index (χ4n) is 2.81. The summed E-state index contributed by atoms with van der Waals surface area (Å²) in [6, 6.07) is 9.06. The van der Waals surface area contributed by atoms with Crippen LogP contribution in [0.5, 0.6) is 0 Å². The monoisotopic (exact) mass is 378 g/mol. The summed E-state index contributed by atoms with van der Waals surface area (Å²) in [4.78, 5) is 39.9. The first-order chi connectivity index (χ1) is 13.6. The van der Waals surface area contributed by atoms with Crippen molar-refractivity contribution in [1.82, 2.24) is 24.5 Å². The van der Waals surface area contributed by atoms with E-state index in [0.29, 0.717) is 12.5 Å². The fraction of sp³-hybridized carbons (Fsp3) is 0.105. The SMILES string of the molecule is O=c1[nH]c2nc(NCCc3ccncc3)ncc2c(=O)n1-c1cccc(F)c1. The van der Waals surface area contributed by atoms with E-state index in [1.165, 1.54) is 24.4 Å². The number of aromatic nitrogens is 5. The van der Waals surface area contributed by atoms with Crippen molar-refractivity contribution < 1.29 is 4.39 Å². The Balaban J connectivity index is 1.63. The molecule has 0 spiro atoms. The molecular formula is C19H15FN6O2. The van der Waals surface area contributed by atoms with Crippen molar-refractivity contribution in [2.75, 3.05) is 11.9 Å². The van der Waals surface area contributed by atoms with Gasteiger partial charge in [0.25, 0.3) is 5.56 Å². The maximum absolute atomic E-state index is 13.5. The molecule has 140 valence electrons. The van der Waals surface area contributed by atoms with Crippen LogP contribution in [0.15, 0.2) is 64.6 Å². The minimum Gasteiger partial charge on any atom is -0.354 e. The molecule has 0 saturated carbocycles. The van der Waals surface area contributed by atoms with Gasteiger partial charge in [-0.3, -0.25) is 14.8 Å². The minimum absolute atomic E-state index is 0.115. The molecule has 0 amide bonds. The van der Waals surface area contributed by atoms with Gasteiger partial charge in [0.05, 0.1) is 5.69 Å². The Morgan fingerprint density at radius 3 is 2.75 bits per heavy atom. The lowest BCUT2D eigenvalue weighted by atomic mass is 10.2. The average Bonchev–Trinajstić information content (AvgIpc) is 2.69. The molecule has 0 unspecified atom stereocenters. The Morgan fingerprint density at radius 2 is 1.96 bits per heavy atom. The molecule has 0 bridgehead atoms. The lowest BCUT2D eigenvalue weighted by Gasteiger charge is -2.08. The lowest BCUT2D eigenvalue weighted by molar-refractivity contribution is 0.626. The number of rotatable bonds is 5. The van der Waals surface area contributed by atoms with Gasteiger partial charge in [0.1, 0.15) is 11.2 Å². The quantitative estimate of drug-likeness (QED) is 0.547. The van der Waals surface area contributed by atoms with Gasteiger partial charge in [-0.15, -0.1) is 0 Å². The van der Waals surface area contributed by atoms with Gasteiger partial charge in [0.2, 0.25) is 5.95 Å². The number of anilines is 1. The van der Waals surface area contributed by atoms with Crippen LogP contribution in [0, 0.1) is 5.82 Å². The zero-order valence-corrected chi connectivity index (χ0v) is 14.6. The summed E-state index contributed by atoms with van der Waals surface area (Å²) in [5, 5.41) is 3.18. The van der Waals surface area contributed by atoms with Gasteiger partial charge >= 0.3 is 5.69 Å². The molecule has 4 rings (SSSR count). The highest BCUT2D eigenvalue weighted by atomic mass is 19.1. The molecule has 2 N–H and O–H groups in total. The van der Waals surface area contributed by atoms with Gasteiger partial charge in [-0.1, -0.05) is 6.07 Å². The number of pyridine rings is 1. The van der Waals surface area contributed by atoms with Crippen LogP contribution in [0.4, 0.5) is 10.3 Å². The van der Waals surface area contributed by atoms with Crippen molar-refractivity contribution in [3.8, 4) is 5.69 Å². The van der Waals surface area contributed by atoms with E-state index in [2.05, 4.69) is 25.3 Å². The number of fused-ring (bicyclic) bond motifs is 1. The molecule has 9 heteroatoms. The fourth-order valence-corrected chi connectivity index (χ4v) is 2.81. The Hall–Kier alpha value is -3.88. The molecular weight excluding hydrogens is 363 g/mol. The van der Waals surface area contributed by atoms with E-state index in [9.17, 15) is 14.0 Å². The van der Waals surface area contributed by atoms with E-state index in [4.69, 9.17) is 0 Å². The topological polar surface area (TPSA) is 106 Å². The maximum atomic E-state index is 13.5. The van der Waals surface area contributed by atoms with E-state index < -0.39 is 17.1 Å². The van der Waals surface area contributed by atoms with Crippen LogP contribution in [0.2, 0.25) is 0 Å². The largest absolute Gasteiger partial charge is 0.354 e. The molecule has 1 aromatic carbocycles. The first-order valence-electron chi connectivity index (χ1n) is 8.52. The van der Waals surface area contributed by atoms with Crippen molar-refractivity contribution in [1.29, 1.82) is 0 Å². The molecule has 28 heavy (non-hydrogen) atoms. The number of hydrogen-bond acceptors (Lipinski definition) is 6. The summed E-state index contributed by atoms with van der Waals surface area (Å²) in [6.45, 7) is 0.570. The van der Waals surface area contributed by atoms with Crippen LogP contribution < -0.4 is 16.6 Å². The predicted octanol–water partition coefficient (Wildman–Crippen LogP) is 1.66. The summed E-state index contributed by atoms with van der Waals surface area (Å²) >= 11 is 0. The van der Waals surface area contributed by atoms with E-state index >= 15 is 0 Å². The van der Waals surface area contributed by atoms with Crippen LogP contribution in [0.25, 0.3) is 16.7 Å². The summed E-state index contributed by atoms with van der Waals surface area (Å²) in [7, 11) is 0. The second kappa shape index (κ2) is 7.39. The minimum atomic E-state index is -0.704. The van der Waals surface area contributed by atoms with Crippen LogP contribution in [-0.4, -0.2) is 31.0 Å². The Bertz CT molecular complexity index is 1250. The van der Waals surface area contributed by atoms with E-state index in [1.54, 1.807) is 12.4 Å². The summed E-state index contributed by atoms with van der Waals surface area (Å²) in [5.41, 5.74) is 0.0312. The van der Waals surface area contributed by atoms with E-state index in [1.807, 2.05) is 12.1 Å². The zero-order valence-electron chi connectivity index (χ0n) is 14.6. The van der Waals surface area contributed by atoms with Gasteiger partial charge in [-0.2, -0.15) is 4.98 Å². The number of halogens is 1. The molecule has 0 fully saturated rings. The predicted molar refractivity (Wildman–Crippen MR) is 102 cm³/mol. The summed E-state index contributed by atoms with van der Waals surface area (Å²) in [6.07, 6.45) is 5.51. The Labute approximate surface area is 157 Å². The standard InChI is InChI=1S/C19H15FN6O2/c20-13-2-1-3-14(10-13)26-17(27)15-11-23-18(24-16(15)25-19(26)28)22-9-6-12-4-7-21-8-5-12/h1-5,7-8,10-11H,6,9H2,(H2,22,23,24,25,28). The number of hydrogen-bond donors (Lipinski definition) is 2. The number of H-pyrrole nitrogens is 1. The molecule has 0 aliphatic heterocycles. The van der Waals surface area contributed by atoms with Crippen molar-refractivity contribution in [3.63, 3.8) is 0 Å². The molecule has 4 aromatic rings. The molecule has 0 radical (unpaired) electrons. The highest BCUT2D eigenvalue weighted by Gasteiger charge is 2.12. The third-order valence-electron chi connectivity index (χ3n) is 4.16. The summed E-state index contributed by atoms with van der Waals surface area (Å²) in [5.74, 6) is -0.256. The summed E-state index contributed by atoms with van der Waals surface area (Å²) < 4.78 is 14.3. The Kier molecular flexibility index (Phi) is 4.63. The number of nitrogens with zero attached hydrogens (tertiary/aromatic N) is 4. The molecule has 0 saturated heterocycles. The van der Waals surface area contributed by atoms with Crippen molar-refractivity contribution in [3.05, 3.63) is 87.2 Å². The van der Waals surface area contributed by atoms with E-state index in [0.717, 1.165) is 22.6 Å². The van der Waals surface area contributed by atoms with Crippen LogP contribution >= 0.6 is 0 Å². The highest BCUT2D eigenvalue weighted by molar-refractivity contribution is 5.73. The van der Waals surface area contributed by atoms with Gasteiger partial charge < -0.3 is 5.32 Å². The second-order valence-corrected chi connectivity index (χ2v) is 6.04. The van der Waals surface area contributed by atoms with Crippen LogP contribution in [0.3, 0.4) is 0 Å².